The third-order valence-electron chi connectivity index (χ3n) is 4.52. The Kier molecular flexibility index (Phi) is 6.68. The molecule has 1 N–H and O–H groups in total. The molecule has 0 aliphatic carbocycles. The predicted molar refractivity (Wildman–Crippen MR) is 106 cm³/mol. The van der Waals surface area contributed by atoms with E-state index >= 15 is 0 Å². The summed E-state index contributed by atoms with van der Waals surface area (Å²) < 4.78 is 50.4. The van der Waals surface area contributed by atoms with Gasteiger partial charge in [0, 0.05) is 18.8 Å². The number of amides is 1. The van der Waals surface area contributed by atoms with E-state index in [4.69, 9.17) is 9.47 Å². The minimum Gasteiger partial charge on any atom is -0.495 e. The number of hydrogen-bond donors (Lipinski definition) is 1. The maximum Gasteiger partial charge on any atom is 0.338 e. The van der Waals surface area contributed by atoms with Gasteiger partial charge in [0.1, 0.15) is 16.5 Å². The van der Waals surface area contributed by atoms with Crippen LogP contribution in [-0.4, -0.2) is 51.4 Å². The number of sulfonamides is 1. The van der Waals surface area contributed by atoms with Gasteiger partial charge in [-0.25, -0.2) is 17.6 Å². The molecule has 8 nitrogen and oxygen atoms in total. The van der Waals surface area contributed by atoms with E-state index < -0.39 is 34.3 Å². The average Bonchev–Trinajstić information content (AvgIpc) is 3.27. The van der Waals surface area contributed by atoms with Crippen LogP contribution in [0.3, 0.4) is 0 Å². The van der Waals surface area contributed by atoms with Crippen molar-refractivity contribution in [2.45, 2.75) is 17.7 Å². The van der Waals surface area contributed by atoms with Gasteiger partial charge in [0.05, 0.1) is 12.7 Å². The lowest BCUT2D eigenvalue weighted by molar-refractivity contribution is -0.119. The van der Waals surface area contributed by atoms with Gasteiger partial charge in [-0.15, -0.1) is 0 Å². The number of benzene rings is 2. The van der Waals surface area contributed by atoms with E-state index in [1.165, 1.54) is 47.8 Å². The Labute approximate surface area is 173 Å². The van der Waals surface area contributed by atoms with Gasteiger partial charge in [0.2, 0.25) is 10.0 Å². The summed E-state index contributed by atoms with van der Waals surface area (Å²) in [6.45, 7) is 0.191. The second kappa shape index (κ2) is 9.23. The van der Waals surface area contributed by atoms with Crippen LogP contribution in [-0.2, 0) is 19.6 Å². The van der Waals surface area contributed by atoms with E-state index in [9.17, 15) is 22.4 Å². The highest BCUT2D eigenvalue weighted by Crippen LogP contribution is 2.30. The fourth-order valence-electron chi connectivity index (χ4n) is 3.05. The first-order chi connectivity index (χ1) is 14.3. The Morgan fingerprint density at radius 3 is 2.53 bits per heavy atom. The van der Waals surface area contributed by atoms with Crippen LogP contribution in [0, 0.1) is 5.82 Å². The SMILES string of the molecule is COc1ccc(C(=O)OCC(=O)Nc2cccc(F)c2)cc1S(=O)(=O)N1CCCC1. The molecule has 1 amide bonds. The maximum absolute atomic E-state index is 13.2. The van der Waals surface area contributed by atoms with Gasteiger partial charge in [0.15, 0.2) is 6.61 Å². The standard InChI is InChI=1S/C20H21FN2O6S/c1-28-17-8-7-14(11-18(17)30(26,27)23-9-2-3-10-23)20(25)29-13-19(24)22-16-6-4-5-15(21)12-16/h4-8,11-12H,2-3,9-10,13H2,1H3,(H,22,24). The van der Waals surface area contributed by atoms with E-state index in [2.05, 4.69) is 5.32 Å². The van der Waals surface area contributed by atoms with E-state index in [0.717, 1.165) is 18.9 Å². The van der Waals surface area contributed by atoms with Crippen molar-refractivity contribution in [1.29, 1.82) is 0 Å². The molecule has 3 rings (SSSR count). The molecular formula is C20H21FN2O6S. The molecule has 0 bridgehead atoms. The van der Waals surface area contributed by atoms with Gasteiger partial charge in [-0.05, 0) is 49.2 Å². The minimum atomic E-state index is -3.83. The Balaban J connectivity index is 1.70. The fraction of sp³-hybridized carbons (Fsp3) is 0.300. The molecule has 0 atom stereocenters. The molecule has 1 fully saturated rings. The molecule has 1 aliphatic heterocycles. The number of methoxy groups -OCH3 is 1. The minimum absolute atomic E-state index is 0.0351. The first-order valence-electron chi connectivity index (χ1n) is 9.22. The van der Waals surface area contributed by atoms with Crippen LogP contribution in [0.1, 0.15) is 23.2 Å². The number of ether oxygens (including phenoxy) is 2. The third kappa shape index (κ3) is 4.95. The summed E-state index contributed by atoms with van der Waals surface area (Å²) in [6.07, 6.45) is 1.54. The molecule has 10 heteroatoms. The average molecular weight is 436 g/mol. The summed E-state index contributed by atoms with van der Waals surface area (Å²) in [5.41, 5.74) is 0.187. The van der Waals surface area contributed by atoms with Crippen LogP contribution in [0.5, 0.6) is 5.75 Å². The molecule has 1 saturated heterocycles. The van der Waals surface area contributed by atoms with Crippen molar-refractivity contribution in [1.82, 2.24) is 4.31 Å². The highest BCUT2D eigenvalue weighted by atomic mass is 32.2. The second-order valence-electron chi connectivity index (χ2n) is 6.61. The van der Waals surface area contributed by atoms with Crippen LogP contribution < -0.4 is 10.1 Å². The van der Waals surface area contributed by atoms with Gasteiger partial charge >= 0.3 is 5.97 Å². The summed E-state index contributed by atoms with van der Waals surface area (Å²) in [7, 11) is -2.49. The maximum atomic E-state index is 13.2. The van der Waals surface area contributed by atoms with Gasteiger partial charge in [0.25, 0.3) is 5.91 Å². The topological polar surface area (TPSA) is 102 Å². The summed E-state index contributed by atoms with van der Waals surface area (Å²) >= 11 is 0. The molecular weight excluding hydrogens is 415 g/mol. The second-order valence-corrected chi connectivity index (χ2v) is 8.52. The van der Waals surface area contributed by atoms with Gasteiger partial charge in [-0.2, -0.15) is 4.31 Å². The third-order valence-corrected chi connectivity index (χ3v) is 6.44. The smallest absolute Gasteiger partial charge is 0.338 e. The van der Waals surface area contributed by atoms with E-state index in [1.807, 2.05) is 0 Å². The molecule has 0 spiro atoms. The normalized spacial score (nSPS) is 14.3. The molecule has 30 heavy (non-hydrogen) atoms. The summed E-state index contributed by atoms with van der Waals surface area (Å²) in [5.74, 6) is -1.94. The van der Waals surface area contributed by atoms with Crippen molar-refractivity contribution in [3.05, 3.63) is 53.8 Å². The number of anilines is 1. The number of nitrogens with one attached hydrogen (secondary N) is 1. The Morgan fingerprint density at radius 2 is 1.87 bits per heavy atom. The van der Waals surface area contributed by atoms with Crippen LogP contribution >= 0.6 is 0 Å². The molecule has 2 aromatic rings. The predicted octanol–water partition coefficient (Wildman–Crippen LogP) is 2.41. The molecule has 0 unspecified atom stereocenters. The lowest BCUT2D eigenvalue weighted by Gasteiger charge is -2.18. The lowest BCUT2D eigenvalue weighted by Crippen LogP contribution is -2.28. The summed E-state index contributed by atoms with van der Waals surface area (Å²) in [6, 6.07) is 9.17. The quantitative estimate of drug-likeness (QED) is 0.669. The number of esters is 1. The summed E-state index contributed by atoms with van der Waals surface area (Å²) in [5, 5.41) is 2.40. The van der Waals surface area contributed by atoms with Crippen LogP contribution in [0.25, 0.3) is 0 Å². The van der Waals surface area contributed by atoms with Gasteiger partial charge in [-0.3, -0.25) is 4.79 Å². The lowest BCUT2D eigenvalue weighted by atomic mass is 10.2. The zero-order chi connectivity index (χ0) is 21.7. The number of carbonyl (C=O) groups excluding carboxylic acids is 2. The van der Waals surface area contributed by atoms with Crippen LogP contribution in [0.15, 0.2) is 47.4 Å². The van der Waals surface area contributed by atoms with Gasteiger partial charge < -0.3 is 14.8 Å². The highest BCUT2D eigenvalue weighted by Gasteiger charge is 2.31. The first-order valence-corrected chi connectivity index (χ1v) is 10.7. The van der Waals surface area contributed by atoms with Crippen molar-refractivity contribution in [3.63, 3.8) is 0 Å². The van der Waals surface area contributed by atoms with Crippen molar-refractivity contribution in [2.24, 2.45) is 0 Å². The monoisotopic (exact) mass is 436 g/mol. The Bertz CT molecular complexity index is 1050. The number of carbonyl (C=O) groups is 2. The van der Waals surface area contributed by atoms with Crippen molar-refractivity contribution in [3.8, 4) is 5.75 Å². The van der Waals surface area contributed by atoms with Crippen LogP contribution in [0.2, 0.25) is 0 Å². The molecule has 160 valence electrons. The fourth-order valence-corrected chi connectivity index (χ4v) is 4.75. The molecule has 0 aromatic heterocycles. The van der Waals surface area contributed by atoms with E-state index in [1.54, 1.807) is 0 Å². The largest absolute Gasteiger partial charge is 0.495 e. The van der Waals surface area contributed by atoms with Crippen molar-refractivity contribution >= 4 is 27.6 Å². The number of halogens is 1. The molecule has 2 aromatic carbocycles. The van der Waals surface area contributed by atoms with E-state index in [-0.39, 0.29) is 21.9 Å². The number of hydrogen-bond acceptors (Lipinski definition) is 6. The van der Waals surface area contributed by atoms with Crippen LogP contribution in [0.4, 0.5) is 10.1 Å². The molecule has 0 saturated carbocycles. The van der Waals surface area contributed by atoms with Gasteiger partial charge in [-0.1, -0.05) is 6.07 Å². The zero-order valence-corrected chi connectivity index (χ0v) is 17.1. The zero-order valence-electron chi connectivity index (χ0n) is 16.3. The summed E-state index contributed by atoms with van der Waals surface area (Å²) in [4.78, 5) is 24.1. The Morgan fingerprint density at radius 1 is 1.13 bits per heavy atom. The number of rotatable bonds is 7. The van der Waals surface area contributed by atoms with E-state index in [0.29, 0.717) is 13.1 Å². The highest BCUT2D eigenvalue weighted by molar-refractivity contribution is 7.89. The number of nitrogens with zero attached hydrogens (tertiary/aromatic N) is 1. The van der Waals surface area contributed by atoms with Crippen molar-refractivity contribution < 1.29 is 31.9 Å². The molecule has 0 radical (unpaired) electrons. The molecule has 1 heterocycles. The molecule has 1 aliphatic rings. The first kappa shape index (κ1) is 21.7. The Hall–Kier alpha value is -2.98. The van der Waals surface area contributed by atoms with Crippen molar-refractivity contribution in [2.75, 3.05) is 32.1 Å².